The van der Waals surface area contributed by atoms with Crippen LogP contribution in [0.15, 0.2) is 0 Å². The monoisotopic (exact) mass is 766 g/mol. The topological polar surface area (TPSA) is 89.8 Å². The Hall–Kier alpha value is -0.650. The molecule has 1 amide bonds. The molecule has 0 saturated heterocycles. The van der Waals surface area contributed by atoms with E-state index < -0.39 is 18.2 Å². The van der Waals surface area contributed by atoms with Crippen molar-refractivity contribution in [1.82, 2.24) is 5.32 Å². The number of carbonyl (C=O) groups is 1. The summed E-state index contributed by atoms with van der Waals surface area (Å²) in [5, 5.41) is 33.7. The van der Waals surface area contributed by atoms with E-state index in [0.29, 0.717) is 12.8 Å². The summed E-state index contributed by atoms with van der Waals surface area (Å²) in [4.78, 5) is 12.5. The van der Waals surface area contributed by atoms with Gasteiger partial charge in [0, 0.05) is 6.42 Å². The number of unbranched alkanes of at least 4 members (excludes halogenated alkanes) is 38. The maximum Gasteiger partial charge on any atom is 0.220 e. The molecule has 0 fully saturated rings. The van der Waals surface area contributed by atoms with Gasteiger partial charge in [-0.05, 0) is 12.8 Å². The van der Waals surface area contributed by atoms with Crippen LogP contribution in [0, 0.1) is 0 Å². The molecule has 5 heteroatoms. The quantitative estimate of drug-likeness (QED) is 0.0465. The lowest BCUT2D eigenvalue weighted by molar-refractivity contribution is -0.124. The molecule has 0 bridgehead atoms. The SMILES string of the molecule is CCCCCCCCCCCCCCCCCCCCCCC(=O)NC(CO)C(O)C(O)CCCCCCCCCCCCCCCCCCCCCC. The standard InChI is InChI=1S/C49H99NO4/c1-3-5-7-9-11-13-15-17-19-21-23-25-27-29-31-33-35-37-39-41-43-47(52)49(54)46(45-51)50-48(53)44-42-40-38-36-34-32-30-28-26-24-22-20-18-16-14-12-10-8-6-4-2/h46-47,49,51-52,54H,3-45H2,1-2H3,(H,50,53). The third kappa shape index (κ3) is 39.6. The number of carbonyl (C=O) groups excluding carboxylic acids is 1. The van der Waals surface area contributed by atoms with Crippen molar-refractivity contribution < 1.29 is 20.1 Å². The van der Waals surface area contributed by atoms with Crippen LogP contribution in [0.3, 0.4) is 0 Å². The normalized spacial score (nSPS) is 13.4. The largest absolute Gasteiger partial charge is 0.394 e. The molecule has 0 aromatic heterocycles. The molecular weight excluding hydrogens is 667 g/mol. The van der Waals surface area contributed by atoms with Crippen molar-refractivity contribution in [3.05, 3.63) is 0 Å². The highest BCUT2D eigenvalue weighted by Gasteiger charge is 2.26. The molecule has 0 spiro atoms. The van der Waals surface area contributed by atoms with Gasteiger partial charge in [-0.3, -0.25) is 4.79 Å². The molecule has 0 aliphatic rings. The molecule has 0 heterocycles. The van der Waals surface area contributed by atoms with E-state index in [1.807, 2.05) is 0 Å². The lowest BCUT2D eigenvalue weighted by Gasteiger charge is -2.26. The highest BCUT2D eigenvalue weighted by Crippen LogP contribution is 2.18. The van der Waals surface area contributed by atoms with Crippen LogP contribution in [-0.4, -0.2) is 46.1 Å². The van der Waals surface area contributed by atoms with Gasteiger partial charge in [0.2, 0.25) is 5.91 Å². The fourth-order valence-electron chi connectivity index (χ4n) is 8.11. The third-order valence-electron chi connectivity index (χ3n) is 12.0. The van der Waals surface area contributed by atoms with Gasteiger partial charge in [-0.1, -0.05) is 264 Å². The number of aliphatic hydroxyl groups excluding tert-OH is 3. The molecule has 0 aliphatic carbocycles. The molecule has 324 valence electrons. The Kier molecular flexibility index (Phi) is 44.5. The zero-order valence-corrected chi connectivity index (χ0v) is 36.9. The molecule has 3 atom stereocenters. The van der Waals surface area contributed by atoms with Crippen molar-refractivity contribution in [1.29, 1.82) is 0 Å². The summed E-state index contributed by atoms with van der Waals surface area (Å²) in [7, 11) is 0. The smallest absolute Gasteiger partial charge is 0.220 e. The molecule has 0 aromatic carbocycles. The molecule has 0 aliphatic heterocycles. The predicted octanol–water partition coefficient (Wildman–Crippen LogP) is 14.6. The van der Waals surface area contributed by atoms with Crippen molar-refractivity contribution in [2.75, 3.05) is 6.61 Å². The van der Waals surface area contributed by atoms with E-state index in [2.05, 4.69) is 19.2 Å². The summed E-state index contributed by atoms with van der Waals surface area (Å²) in [5.41, 5.74) is 0. The van der Waals surface area contributed by atoms with Crippen LogP contribution in [0.5, 0.6) is 0 Å². The fraction of sp³-hybridized carbons (Fsp3) is 0.980. The van der Waals surface area contributed by atoms with Crippen LogP contribution >= 0.6 is 0 Å². The summed E-state index contributed by atoms with van der Waals surface area (Å²) in [6.07, 6.45) is 52.2. The second kappa shape index (κ2) is 45.1. The first-order valence-electron chi connectivity index (χ1n) is 24.8. The summed E-state index contributed by atoms with van der Waals surface area (Å²) >= 11 is 0. The van der Waals surface area contributed by atoms with E-state index in [0.717, 1.165) is 32.1 Å². The number of hydrogen-bond acceptors (Lipinski definition) is 4. The van der Waals surface area contributed by atoms with Crippen molar-refractivity contribution in [3.63, 3.8) is 0 Å². The minimum atomic E-state index is -1.13. The van der Waals surface area contributed by atoms with Gasteiger partial charge in [0.05, 0.1) is 18.8 Å². The van der Waals surface area contributed by atoms with Gasteiger partial charge in [0.1, 0.15) is 6.10 Å². The Morgan fingerprint density at radius 3 is 0.889 bits per heavy atom. The average Bonchev–Trinajstić information content (AvgIpc) is 3.18. The molecule has 54 heavy (non-hydrogen) atoms. The molecule has 5 nitrogen and oxygen atoms in total. The lowest BCUT2D eigenvalue weighted by atomic mass is 9.99. The van der Waals surface area contributed by atoms with Crippen LogP contribution in [0.2, 0.25) is 0 Å². The van der Waals surface area contributed by atoms with Gasteiger partial charge < -0.3 is 20.6 Å². The van der Waals surface area contributed by atoms with Gasteiger partial charge in [-0.2, -0.15) is 0 Å². The van der Waals surface area contributed by atoms with Gasteiger partial charge in [0.15, 0.2) is 0 Å². The maximum absolute atomic E-state index is 12.5. The third-order valence-corrected chi connectivity index (χ3v) is 12.0. The van der Waals surface area contributed by atoms with E-state index in [1.165, 1.54) is 225 Å². The van der Waals surface area contributed by atoms with Crippen molar-refractivity contribution in [2.45, 2.75) is 302 Å². The summed E-state index contributed by atoms with van der Waals surface area (Å²) in [6.45, 7) is 4.22. The number of hydrogen-bond donors (Lipinski definition) is 4. The second-order valence-electron chi connectivity index (χ2n) is 17.4. The molecule has 3 unspecified atom stereocenters. The van der Waals surface area contributed by atoms with Crippen LogP contribution in [0.4, 0.5) is 0 Å². The molecule has 0 saturated carbocycles. The van der Waals surface area contributed by atoms with E-state index in [4.69, 9.17) is 0 Å². The summed E-state index contributed by atoms with van der Waals surface area (Å²) in [6, 6.07) is -0.803. The van der Waals surface area contributed by atoms with Crippen molar-refractivity contribution in [3.8, 4) is 0 Å². The fourth-order valence-corrected chi connectivity index (χ4v) is 8.11. The highest BCUT2D eigenvalue weighted by atomic mass is 16.3. The van der Waals surface area contributed by atoms with Crippen molar-refractivity contribution in [2.24, 2.45) is 0 Å². The first-order chi connectivity index (χ1) is 26.6. The number of nitrogens with one attached hydrogen (secondary N) is 1. The number of rotatable bonds is 46. The number of aliphatic hydroxyl groups is 3. The first-order valence-corrected chi connectivity index (χ1v) is 24.8. The van der Waals surface area contributed by atoms with Crippen LogP contribution in [0.1, 0.15) is 284 Å². The maximum atomic E-state index is 12.5. The molecular formula is C49H99NO4. The Balaban J connectivity index is 3.54. The summed E-state index contributed by atoms with van der Waals surface area (Å²) in [5.74, 6) is -0.137. The van der Waals surface area contributed by atoms with Gasteiger partial charge in [-0.15, -0.1) is 0 Å². The summed E-state index contributed by atoms with van der Waals surface area (Å²) < 4.78 is 0. The van der Waals surface area contributed by atoms with E-state index in [1.54, 1.807) is 0 Å². The average molecular weight is 766 g/mol. The number of amides is 1. The van der Waals surface area contributed by atoms with Crippen LogP contribution < -0.4 is 5.32 Å². The molecule has 4 N–H and O–H groups in total. The van der Waals surface area contributed by atoms with Gasteiger partial charge >= 0.3 is 0 Å². The zero-order chi connectivity index (χ0) is 39.4. The zero-order valence-electron chi connectivity index (χ0n) is 36.9. The van der Waals surface area contributed by atoms with E-state index in [9.17, 15) is 20.1 Å². The van der Waals surface area contributed by atoms with Crippen LogP contribution in [-0.2, 0) is 4.79 Å². The predicted molar refractivity (Wildman–Crippen MR) is 236 cm³/mol. The highest BCUT2D eigenvalue weighted by molar-refractivity contribution is 5.76. The molecule has 0 aromatic rings. The second-order valence-corrected chi connectivity index (χ2v) is 17.4. The minimum absolute atomic E-state index is 0.137. The van der Waals surface area contributed by atoms with Gasteiger partial charge in [0.25, 0.3) is 0 Å². The van der Waals surface area contributed by atoms with Crippen molar-refractivity contribution >= 4 is 5.91 Å². The Morgan fingerprint density at radius 2 is 0.630 bits per heavy atom. The lowest BCUT2D eigenvalue weighted by Crippen LogP contribution is -2.50. The molecule has 0 radical (unpaired) electrons. The minimum Gasteiger partial charge on any atom is -0.394 e. The Morgan fingerprint density at radius 1 is 0.389 bits per heavy atom. The van der Waals surface area contributed by atoms with E-state index in [-0.39, 0.29) is 12.5 Å². The van der Waals surface area contributed by atoms with Gasteiger partial charge in [-0.25, -0.2) is 0 Å². The Labute approximate surface area is 338 Å². The Bertz CT molecular complexity index is 718. The first kappa shape index (κ1) is 53.4. The molecule has 0 rings (SSSR count). The van der Waals surface area contributed by atoms with E-state index >= 15 is 0 Å². The van der Waals surface area contributed by atoms with Crippen LogP contribution in [0.25, 0.3) is 0 Å².